The van der Waals surface area contributed by atoms with Crippen LogP contribution in [0.2, 0.25) is 0 Å². The van der Waals surface area contributed by atoms with Crippen molar-refractivity contribution in [3.8, 4) is 28.2 Å². The van der Waals surface area contributed by atoms with E-state index in [0.717, 1.165) is 59.4 Å². The Morgan fingerprint density at radius 3 is 2.33 bits per heavy atom. The second-order valence-electron chi connectivity index (χ2n) is 11.3. The highest BCUT2D eigenvalue weighted by molar-refractivity contribution is 5.79. The number of aromatic nitrogens is 7. The molecule has 40 heavy (non-hydrogen) atoms. The first kappa shape index (κ1) is 27.2. The van der Waals surface area contributed by atoms with E-state index in [-0.39, 0.29) is 11.1 Å². The molecule has 0 aliphatic heterocycles. The van der Waals surface area contributed by atoms with Crippen molar-refractivity contribution in [1.29, 1.82) is 0 Å². The van der Waals surface area contributed by atoms with Gasteiger partial charge >= 0.3 is 5.69 Å². The summed E-state index contributed by atoms with van der Waals surface area (Å²) in [5, 5.41) is 14.3. The van der Waals surface area contributed by atoms with Gasteiger partial charge < -0.3 is 0 Å². The van der Waals surface area contributed by atoms with Crippen LogP contribution < -0.4 is 5.69 Å². The molecule has 0 radical (unpaired) electrons. The molecule has 8 heteroatoms. The summed E-state index contributed by atoms with van der Waals surface area (Å²) >= 11 is 0. The number of benzene rings is 2. The van der Waals surface area contributed by atoms with Crippen molar-refractivity contribution < 1.29 is 0 Å². The number of nitrogens with zero attached hydrogens (tertiary/aromatic N) is 6. The summed E-state index contributed by atoms with van der Waals surface area (Å²) in [5.41, 5.74) is 8.00. The van der Waals surface area contributed by atoms with Gasteiger partial charge in [-0.05, 0) is 51.4 Å². The minimum Gasteiger partial charge on any atom is -0.290 e. The molecule has 1 N–H and O–H groups in total. The predicted molar refractivity (Wildman–Crippen MR) is 159 cm³/mol. The Balaban J connectivity index is 1.53. The first-order valence-electron chi connectivity index (χ1n) is 14.0. The average molecular weight is 536 g/mol. The van der Waals surface area contributed by atoms with Crippen molar-refractivity contribution in [3.63, 3.8) is 0 Å². The molecule has 0 bridgehead atoms. The smallest absolute Gasteiger partial charge is 0.290 e. The molecule has 3 heterocycles. The Bertz CT molecular complexity index is 1640. The van der Waals surface area contributed by atoms with Crippen LogP contribution in [0.4, 0.5) is 0 Å². The van der Waals surface area contributed by atoms with Crippen molar-refractivity contribution in [2.75, 3.05) is 0 Å². The zero-order valence-corrected chi connectivity index (χ0v) is 24.0. The molecular formula is C32H37N7O. The average Bonchev–Trinajstić information content (AvgIpc) is 3.58. The number of pyridine rings is 1. The van der Waals surface area contributed by atoms with Crippen LogP contribution in [0.25, 0.3) is 28.2 Å². The van der Waals surface area contributed by atoms with Crippen LogP contribution in [0.1, 0.15) is 70.0 Å². The second-order valence-corrected chi connectivity index (χ2v) is 11.3. The molecule has 0 saturated heterocycles. The molecule has 0 atom stereocenters. The van der Waals surface area contributed by atoms with E-state index < -0.39 is 0 Å². The number of imidazole rings is 1. The summed E-state index contributed by atoms with van der Waals surface area (Å²) < 4.78 is 3.77. The van der Waals surface area contributed by atoms with Crippen LogP contribution in [-0.2, 0) is 24.8 Å². The third-order valence-electron chi connectivity index (χ3n) is 7.24. The maximum Gasteiger partial charge on any atom is 0.333 e. The number of nitrogens with one attached hydrogen (secondary N) is 1. The van der Waals surface area contributed by atoms with Crippen LogP contribution in [0.3, 0.4) is 0 Å². The van der Waals surface area contributed by atoms with Gasteiger partial charge in [0.1, 0.15) is 0 Å². The van der Waals surface area contributed by atoms with Gasteiger partial charge in [-0.1, -0.05) is 96.0 Å². The van der Waals surface area contributed by atoms with Gasteiger partial charge in [-0.2, -0.15) is 0 Å². The molecule has 5 aromatic rings. The van der Waals surface area contributed by atoms with Gasteiger partial charge in [-0.15, -0.1) is 5.10 Å². The summed E-state index contributed by atoms with van der Waals surface area (Å²) in [7, 11) is 0. The Hall–Kier alpha value is -4.33. The fourth-order valence-electron chi connectivity index (χ4n) is 5.32. The fourth-order valence-corrected chi connectivity index (χ4v) is 5.32. The molecule has 0 fully saturated rings. The van der Waals surface area contributed by atoms with Crippen LogP contribution in [0.5, 0.6) is 0 Å². The summed E-state index contributed by atoms with van der Waals surface area (Å²) in [4.78, 5) is 18.8. The predicted octanol–water partition coefficient (Wildman–Crippen LogP) is 6.13. The lowest BCUT2D eigenvalue weighted by Gasteiger charge is -2.25. The number of hydrogen-bond acceptors (Lipinski definition) is 5. The number of H-pyrrole nitrogens is 1. The van der Waals surface area contributed by atoms with Crippen LogP contribution in [-0.4, -0.2) is 34.7 Å². The molecule has 0 aliphatic carbocycles. The minimum absolute atomic E-state index is 0.0217. The summed E-state index contributed by atoms with van der Waals surface area (Å²) in [6.45, 7) is 11.4. The Labute approximate surface area is 235 Å². The SMILES string of the molecule is CCCc1cccc(C(C)(C)C)c1-n1cc(CCC)n(Cc2ccc(-c3ccccc3-c3nnn[nH]3)cn2)c1=O. The van der Waals surface area contributed by atoms with Gasteiger partial charge in [0.05, 0.1) is 17.9 Å². The summed E-state index contributed by atoms with van der Waals surface area (Å²) in [6.07, 6.45) is 7.61. The molecule has 3 aromatic heterocycles. The lowest BCUT2D eigenvalue weighted by atomic mass is 9.84. The quantitative estimate of drug-likeness (QED) is 0.245. The molecule has 0 aliphatic rings. The van der Waals surface area contributed by atoms with E-state index in [1.807, 2.05) is 57.9 Å². The van der Waals surface area contributed by atoms with Crippen molar-refractivity contribution in [3.05, 3.63) is 100.0 Å². The molecule has 2 aromatic carbocycles. The molecule has 0 saturated carbocycles. The monoisotopic (exact) mass is 535 g/mol. The minimum atomic E-state index is -0.0962. The highest BCUT2D eigenvalue weighted by Gasteiger charge is 2.24. The van der Waals surface area contributed by atoms with E-state index >= 15 is 0 Å². The van der Waals surface area contributed by atoms with E-state index in [4.69, 9.17) is 4.98 Å². The van der Waals surface area contributed by atoms with E-state index in [0.29, 0.717) is 12.4 Å². The first-order valence-corrected chi connectivity index (χ1v) is 14.0. The topological polar surface area (TPSA) is 94.3 Å². The standard InChI is InChI=1S/C32H37N7O/c1-6-11-22-13-10-16-28(32(3,4)5)29(22)39-21-25(12-7-2)38(31(39)40)20-24-18-17-23(19-33-24)26-14-8-9-15-27(26)30-34-36-37-35-30/h8-10,13-19,21H,6-7,11-12,20H2,1-5H3,(H,34,35,36,37). The highest BCUT2D eigenvalue weighted by Crippen LogP contribution is 2.32. The van der Waals surface area contributed by atoms with Gasteiger partial charge in [0, 0.05) is 29.2 Å². The van der Waals surface area contributed by atoms with Crippen LogP contribution >= 0.6 is 0 Å². The fraction of sp³-hybridized carbons (Fsp3) is 0.344. The van der Waals surface area contributed by atoms with E-state index in [9.17, 15) is 4.79 Å². The number of aromatic amines is 1. The maximum absolute atomic E-state index is 14.0. The highest BCUT2D eigenvalue weighted by atomic mass is 16.1. The summed E-state index contributed by atoms with van der Waals surface area (Å²) in [5.74, 6) is 0.606. The first-order chi connectivity index (χ1) is 19.3. The van der Waals surface area contributed by atoms with Crippen molar-refractivity contribution in [2.45, 2.75) is 72.3 Å². The van der Waals surface area contributed by atoms with Crippen LogP contribution in [0.15, 0.2) is 71.8 Å². The molecule has 0 amide bonds. The molecule has 8 nitrogen and oxygen atoms in total. The van der Waals surface area contributed by atoms with Crippen molar-refractivity contribution in [1.82, 2.24) is 34.7 Å². The van der Waals surface area contributed by atoms with E-state index in [2.05, 4.69) is 73.4 Å². The lowest BCUT2D eigenvalue weighted by Crippen LogP contribution is -2.27. The Morgan fingerprint density at radius 1 is 0.900 bits per heavy atom. The number of para-hydroxylation sites is 1. The number of hydrogen-bond donors (Lipinski definition) is 1. The molecule has 5 rings (SSSR count). The number of aryl methyl sites for hydroxylation is 2. The lowest BCUT2D eigenvalue weighted by molar-refractivity contribution is 0.582. The zero-order chi connectivity index (χ0) is 28.3. The number of rotatable bonds is 9. The normalized spacial score (nSPS) is 11.7. The van der Waals surface area contributed by atoms with Gasteiger partial charge in [-0.25, -0.2) is 9.89 Å². The Morgan fingerprint density at radius 2 is 1.68 bits per heavy atom. The largest absolute Gasteiger partial charge is 0.333 e. The van der Waals surface area contributed by atoms with Gasteiger partial charge in [-0.3, -0.25) is 14.1 Å². The zero-order valence-electron chi connectivity index (χ0n) is 24.0. The number of tetrazole rings is 1. The summed E-state index contributed by atoms with van der Waals surface area (Å²) in [6, 6.07) is 18.4. The third-order valence-corrected chi connectivity index (χ3v) is 7.24. The molecule has 206 valence electrons. The van der Waals surface area contributed by atoms with Crippen molar-refractivity contribution in [2.24, 2.45) is 0 Å². The molecule has 0 spiro atoms. The third kappa shape index (κ3) is 5.39. The second kappa shape index (κ2) is 11.4. The van der Waals surface area contributed by atoms with Gasteiger partial charge in [0.25, 0.3) is 0 Å². The Kier molecular flexibility index (Phi) is 7.78. The molecular weight excluding hydrogens is 498 g/mol. The van der Waals surface area contributed by atoms with Crippen LogP contribution in [0, 0.1) is 0 Å². The molecule has 0 unspecified atom stereocenters. The van der Waals surface area contributed by atoms with Gasteiger partial charge in [0.15, 0.2) is 5.82 Å². The van der Waals surface area contributed by atoms with Gasteiger partial charge in [0.2, 0.25) is 0 Å². The van der Waals surface area contributed by atoms with Crippen molar-refractivity contribution >= 4 is 0 Å². The van der Waals surface area contributed by atoms with E-state index in [1.54, 1.807) is 0 Å². The van der Waals surface area contributed by atoms with E-state index in [1.165, 1.54) is 11.1 Å². The maximum atomic E-state index is 14.0.